The highest BCUT2D eigenvalue weighted by Crippen LogP contribution is 2.46. The van der Waals surface area contributed by atoms with Gasteiger partial charge in [0.15, 0.2) is 17.2 Å². The van der Waals surface area contributed by atoms with Crippen LogP contribution in [0, 0.1) is 0 Å². The number of carboxylic acid groups (broad SMARTS) is 2. The lowest BCUT2D eigenvalue weighted by Gasteiger charge is -2.45. The molecule has 0 spiro atoms. The fourth-order valence-electron chi connectivity index (χ4n) is 9.04. The molecule has 2 saturated heterocycles. The number of fused-ring (bicyclic) bond motifs is 1. The number of piperidine rings is 2. The second kappa shape index (κ2) is 20.1. The van der Waals surface area contributed by atoms with E-state index in [2.05, 4.69) is 26.3 Å². The second-order valence-corrected chi connectivity index (χ2v) is 21.0. The third-order valence-electron chi connectivity index (χ3n) is 12.2. The zero-order valence-electron chi connectivity index (χ0n) is 37.8. The molecular weight excluding hydrogens is 968 g/mol. The molecule has 0 bridgehead atoms. The molecule has 5 N–H and O–H groups in total. The van der Waals surface area contributed by atoms with Crippen molar-refractivity contribution in [2.45, 2.75) is 88.8 Å². The molecule has 20 nitrogen and oxygen atoms in total. The quantitative estimate of drug-likeness (QED) is 0.0663. The zero-order valence-corrected chi connectivity index (χ0v) is 40.2. The first-order chi connectivity index (χ1) is 33.3. The number of Topliss-reactive ketones (excluding diaryl/α,β-unsaturated/α-hetero) is 1. The normalized spacial score (nSPS) is 18.1. The fraction of sp³-hybridized carbons (Fsp3) is 0.340. The Labute approximate surface area is 410 Å². The number of amides is 4. The van der Waals surface area contributed by atoms with Gasteiger partial charge in [0.25, 0.3) is 11.8 Å². The summed E-state index contributed by atoms with van der Waals surface area (Å²) in [4.78, 5) is 88.0. The number of nitrogens with one attached hydrogen (secondary N) is 3. The number of nitrogens with zero attached hydrogens (tertiary/aromatic N) is 5. The number of carbonyl (C=O) groups is 7. The van der Waals surface area contributed by atoms with E-state index in [-0.39, 0.29) is 89.7 Å². The molecule has 2 atom stereocenters. The van der Waals surface area contributed by atoms with E-state index in [0.717, 1.165) is 16.2 Å². The predicted molar refractivity (Wildman–Crippen MR) is 255 cm³/mol. The molecule has 366 valence electrons. The minimum absolute atomic E-state index is 0.00905. The maximum absolute atomic E-state index is 14.0. The summed E-state index contributed by atoms with van der Waals surface area (Å²) in [6.45, 7) is 3.58. The number of imide groups is 2. The van der Waals surface area contributed by atoms with Crippen molar-refractivity contribution in [1.82, 2.24) is 29.5 Å². The van der Waals surface area contributed by atoms with Crippen molar-refractivity contribution in [3.8, 4) is 16.2 Å². The van der Waals surface area contributed by atoms with E-state index >= 15 is 0 Å². The molecule has 3 aromatic carbocycles. The molecule has 70 heavy (non-hydrogen) atoms. The molecule has 8 rings (SSSR count). The summed E-state index contributed by atoms with van der Waals surface area (Å²) >= 11 is 7.38. The Hall–Kier alpha value is -7.01. The minimum atomic E-state index is -3.81. The van der Waals surface area contributed by atoms with Gasteiger partial charge in [0.1, 0.15) is 22.5 Å². The van der Waals surface area contributed by atoms with E-state index in [4.69, 9.17) is 21.4 Å². The number of hydrogen-bond donors (Lipinski definition) is 5. The highest BCUT2D eigenvalue weighted by molar-refractivity contribution is 7.88. The number of benzene rings is 3. The van der Waals surface area contributed by atoms with E-state index in [9.17, 15) is 47.1 Å². The van der Waals surface area contributed by atoms with Gasteiger partial charge >= 0.3 is 11.9 Å². The lowest BCUT2D eigenvalue weighted by atomic mass is 9.89. The van der Waals surface area contributed by atoms with Crippen LogP contribution in [0.4, 0.5) is 11.4 Å². The van der Waals surface area contributed by atoms with E-state index in [1.807, 2.05) is 19.9 Å². The first-order valence-electron chi connectivity index (χ1n) is 22.1. The van der Waals surface area contributed by atoms with Crippen molar-refractivity contribution in [3.05, 3.63) is 111 Å². The number of hydrogen-bond acceptors (Lipinski definition) is 15. The first kappa shape index (κ1) is 49.4. The number of aromatic nitrogens is 3. The van der Waals surface area contributed by atoms with Gasteiger partial charge in [-0.2, -0.15) is 4.31 Å². The number of anilines is 2. The van der Waals surface area contributed by atoms with Crippen LogP contribution < -0.4 is 20.7 Å². The Balaban J connectivity index is 0.823. The second-order valence-electron chi connectivity index (χ2n) is 17.7. The Morgan fingerprint density at radius 3 is 2.49 bits per heavy atom. The van der Waals surface area contributed by atoms with Crippen molar-refractivity contribution in [2.75, 3.05) is 23.8 Å². The summed E-state index contributed by atoms with van der Waals surface area (Å²) in [5, 5.41) is 35.8. The van der Waals surface area contributed by atoms with Crippen molar-refractivity contribution in [2.24, 2.45) is 0 Å². The molecule has 3 aliphatic heterocycles. The first-order valence-corrected chi connectivity index (χ1v) is 24.9. The molecule has 4 amide bonds. The predicted octanol–water partition coefficient (Wildman–Crippen LogP) is 5.22. The summed E-state index contributed by atoms with van der Waals surface area (Å²) in [5.74, 6) is -5.58. The highest BCUT2D eigenvalue weighted by atomic mass is 35.5. The third kappa shape index (κ3) is 10.7. The van der Waals surface area contributed by atoms with Gasteiger partial charge in [-0.15, -0.1) is 16.4 Å². The largest absolute Gasteiger partial charge is 0.479 e. The molecule has 0 aliphatic carbocycles. The maximum Gasteiger partial charge on any atom is 0.349 e. The standard InChI is InChI=1S/C47H47ClN8O12S2/c1-47(2)21-30(50-29-9-4-8-28(20-29)41-39(48)40(68-24-37(59)60)42(69-41)46(64)65)14-17-55(47)70(66,67)25-27-7-3-6-26(18-27)19-32(57)15-16-54-23-31(52-53-54)22-49-34-11-5-10-33-38(34)45(63)56(44(33)62)35-12-13-36(58)51-43(35)61/h3-11,18,20,23,30,35,49-50H,12-17,19,21-22,24-25H2,1-2H3,(H,59,60)(H,64,65)(H,51,58,61)/t30-,35?/m0/s1. The van der Waals surface area contributed by atoms with Crippen LogP contribution in [0.25, 0.3) is 10.4 Å². The summed E-state index contributed by atoms with van der Waals surface area (Å²) < 4.78 is 36.2. The average Bonchev–Trinajstić information content (AvgIpc) is 3.97. The van der Waals surface area contributed by atoms with Crippen LogP contribution in [0.5, 0.6) is 5.75 Å². The Kier molecular flexibility index (Phi) is 14.2. The van der Waals surface area contributed by atoms with Crippen LogP contribution in [0.15, 0.2) is 72.9 Å². The SMILES string of the molecule is CC1(C)C[C@@H](Nc2cccc(-c3sc(C(=O)O)c(OCC(=O)O)c3Cl)c2)CCN1S(=O)(=O)Cc1cccc(CC(=O)CCn2cc(CNc3cccc4c3C(=O)N(C3CCC(=O)NC3=O)C4=O)nn2)c1. The molecular formula is C47H47ClN8O12S2. The van der Waals surface area contributed by atoms with E-state index in [1.54, 1.807) is 60.8 Å². The number of carboxylic acids is 2. The number of sulfonamides is 1. The van der Waals surface area contributed by atoms with Gasteiger partial charge in [-0.1, -0.05) is 59.3 Å². The Bertz CT molecular complexity index is 3060. The number of ketones is 1. The van der Waals surface area contributed by atoms with Crippen molar-refractivity contribution < 1.29 is 56.9 Å². The average molecular weight is 1020 g/mol. The summed E-state index contributed by atoms with van der Waals surface area (Å²) in [5.41, 5.74) is 2.82. The van der Waals surface area contributed by atoms with Crippen molar-refractivity contribution in [3.63, 3.8) is 0 Å². The van der Waals surface area contributed by atoms with E-state index < -0.39 is 63.8 Å². The maximum atomic E-state index is 14.0. The molecule has 2 aromatic heterocycles. The smallest absolute Gasteiger partial charge is 0.349 e. The van der Waals surface area contributed by atoms with Gasteiger partial charge in [0.2, 0.25) is 21.8 Å². The van der Waals surface area contributed by atoms with Crippen LogP contribution in [-0.2, 0) is 54.5 Å². The van der Waals surface area contributed by atoms with Crippen LogP contribution in [0.2, 0.25) is 5.02 Å². The topological polar surface area (TPSA) is 277 Å². The summed E-state index contributed by atoms with van der Waals surface area (Å²) in [7, 11) is -3.81. The van der Waals surface area contributed by atoms with E-state index in [0.29, 0.717) is 51.5 Å². The lowest BCUT2D eigenvalue weighted by Crippen LogP contribution is -2.55. The molecule has 2 fully saturated rings. The lowest BCUT2D eigenvalue weighted by molar-refractivity contribution is -0.139. The number of thiophene rings is 1. The van der Waals surface area contributed by atoms with Gasteiger partial charge in [-0.25, -0.2) is 18.0 Å². The third-order valence-corrected chi connectivity index (χ3v) is 15.9. The molecule has 5 heterocycles. The highest BCUT2D eigenvalue weighted by Gasteiger charge is 2.46. The van der Waals surface area contributed by atoms with Crippen LogP contribution in [0.3, 0.4) is 0 Å². The molecule has 0 saturated carbocycles. The molecule has 0 radical (unpaired) electrons. The van der Waals surface area contributed by atoms with Crippen molar-refractivity contribution >= 4 is 85.7 Å². The van der Waals surface area contributed by atoms with Crippen LogP contribution in [0.1, 0.15) is 93.2 Å². The molecule has 3 aliphatic rings. The Morgan fingerprint density at radius 1 is 0.986 bits per heavy atom. The molecule has 1 unspecified atom stereocenters. The summed E-state index contributed by atoms with van der Waals surface area (Å²) in [6, 6.07) is 17.6. The van der Waals surface area contributed by atoms with E-state index in [1.165, 1.54) is 15.1 Å². The van der Waals surface area contributed by atoms with Gasteiger partial charge in [-0.05, 0) is 74.1 Å². The summed E-state index contributed by atoms with van der Waals surface area (Å²) in [6.07, 6.45) is 2.85. The number of rotatable bonds is 19. The van der Waals surface area contributed by atoms with Gasteiger partial charge in [-0.3, -0.25) is 38.9 Å². The minimum Gasteiger partial charge on any atom is -0.479 e. The Morgan fingerprint density at radius 2 is 1.74 bits per heavy atom. The number of halogens is 1. The van der Waals surface area contributed by atoms with Gasteiger partial charge in [0.05, 0.1) is 34.5 Å². The zero-order chi connectivity index (χ0) is 50.1. The number of aromatic carboxylic acids is 1. The van der Waals surface area contributed by atoms with Crippen LogP contribution >= 0.6 is 22.9 Å². The number of aryl methyl sites for hydroxylation is 1. The van der Waals surface area contributed by atoms with Gasteiger partial charge in [0, 0.05) is 55.3 Å². The number of ether oxygens (including phenoxy) is 1. The van der Waals surface area contributed by atoms with Crippen LogP contribution in [-0.4, -0.2) is 115 Å². The van der Waals surface area contributed by atoms with Crippen molar-refractivity contribution in [1.29, 1.82) is 0 Å². The molecule has 5 aromatic rings. The monoisotopic (exact) mass is 1010 g/mol. The number of aliphatic carboxylic acids is 1. The number of carbonyl (C=O) groups excluding carboxylic acids is 5. The fourth-order valence-corrected chi connectivity index (χ4v) is 12.4. The van der Waals surface area contributed by atoms with Gasteiger partial charge < -0.3 is 25.6 Å². The molecule has 23 heteroatoms.